The number of amides is 1. The fourth-order valence-electron chi connectivity index (χ4n) is 2.24. The second kappa shape index (κ2) is 5.75. The Hall–Kier alpha value is -2.25. The Balaban J connectivity index is 2.03. The van der Waals surface area contributed by atoms with Gasteiger partial charge in [0.2, 0.25) is 0 Å². The van der Waals surface area contributed by atoms with Gasteiger partial charge in [0, 0.05) is 13.3 Å². The summed E-state index contributed by atoms with van der Waals surface area (Å²) in [5.41, 5.74) is 0.959. The summed E-state index contributed by atoms with van der Waals surface area (Å²) < 4.78 is 24.7. The summed E-state index contributed by atoms with van der Waals surface area (Å²) in [6.45, 7) is 0. The zero-order chi connectivity index (χ0) is 16.6. The molecule has 0 N–H and O–H groups in total. The highest BCUT2D eigenvalue weighted by Gasteiger charge is 2.23. The van der Waals surface area contributed by atoms with Gasteiger partial charge in [0.1, 0.15) is 0 Å². The smallest absolute Gasteiger partial charge is 0.261 e. The molecule has 0 spiro atoms. The predicted octanol–water partition coefficient (Wildman–Crippen LogP) is 2.98. The summed E-state index contributed by atoms with van der Waals surface area (Å²) in [6, 6.07) is 13.8. The zero-order valence-electron chi connectivity index (χ0n) is 12.6. The number of nitrogens with zero attached hydrogens (tertiary/aromatic N) is 2. The van der Waals surface area contributed by atoms with Gasteiger partial charge >= 0.3 is 0 Å². The number of anilines is 1. The molecule has 2 aromatic carbocycles. The lowest BCUT2D eigenvalue weighted by molar-refractivity contribution is 0.0990. The summed E-state index contributed by atoms with van der Waals surface area (Å²) >= 11 is 1.39. The molecular formula is C16H14N2O3S2. The fraction of sp³-hybridized carbons (Fsp3) is 0.125. The van der Waals surface area contributed by atoms with E-state index in [4.69, 9.17) is 0 Å². The Bertz CT molecular complexity index is 960. The lowest BCUT2D eigenvalue weighted by Gasteiger charge is -2.15. The van der Waals surface area contributed by atoms with Crippen LogP contribution in [0.5, 0.6) is 0 Å². The van der Waals surface area contributed by atoms with Crippen LogP contribution in [0.2, 0.25) is 0 Å². The number of aromatic nitrogens is 1. The molecule has 23 heavy (non-hydrogen) atoms. The molecule has 0 saturated heterocycles. The van der Waals surface area contributed by atoms with Gasteiger partial charge in [-0.2, -0.15) is 0 Å². The van der Waals surface area contributed by atoms with E-state index in [1.807, 2.05) is 24.3 Å². The molecule has 3 rings (SSSR count). The van der Waals surface area contributed by atoms with Crippen LogP contribution in [0.1, 0.15) is 10.4 Å². The van der Waals surface area contributed by atoms with Crippen molar-refractivity contribution in [3.8, 4) is 0 Å². The van der Waals surface area contributed by atoms with E-state index in [2.05, 4.69) is 4.98 Å². The van der Waals surface area contributed by atoms with Gasteiger partial charge in [-0.15, -0.1) is 0 Å². The van der Waals surface area contributed by atoms with Crippen LogP contribution < -0.4 is 4.90 Å². The highest BCUT2D eigenvalue weighted by atomic mass is 32.2. The molecule has 0 aliphatic rings. The van der Waals surface area contributed by atoms with Crippen molar-refractivity contribution >= 4 is 42.4 Å². The first-order valence-corrected chi connectivity index (χ1v) is 9.51. The van der Waals surface area contributed by atoms with E-state index in [0.29, 0.717) is 5.13 Å². The average Bonchev–Trinajstić information content (AvgIpc) is 2.96. The normalized spacial score (nSPS) is 11.6. The van der Waals surface area contributed by atoms with Gasteiger partial charge in [-0.3, -0.25) is 9.69 Å². The van der Waals surface area contributed by atoms with Crippen molar-refractivity contribution in [3.63, 3.8) is 0 Å². The molecule has 0 fully saturated rings. The van der Waals surface area contributed by atoms with Gasteiger partial charge in [0.05, 0.1) is 20.7 Å². The van der Waals surface area contributed by atoms with Gasteiger partial charge < -0.3 is 0 Å². The van der Waals surface area contributed by atoms with E-state index < -0.39 is 15.7 Å². The fourth-order valence-corrected chi connectivity index (χ4v) is 4.04. The summed E-state index contributed by atoms with van der Waals surface area (Å²) in [5.74, 6) is -0.398. The standard InChI is InChI=1S/C16H14N2O3S2/c1-18(16-17-12-8-4-5-9-13(12)22-16)15(19)11-7-3-6-10-14(11)23(2,20)21/h3-10H,1-2H3. The molecule has 1 aromatic heterocycles. The largest absolute Gasteiger partial charge is 0.287 e. The summed E-state index contributed by atoms with van der Waals surface area (Å²) in [5, 5.41) is 0.527. The van der Waals surface area contributed by atoms with Gasteiger partial charge in [0.15, 0.2) is 15.0 Å². The average molecular weight is 346 g/mol. The summed E-state index contributed by atoms with van der Waals surface area (Å²) in [6.07, 6.45) is 1.09. The molecule has 0 radical (unpaired) electrons. The number of sulfone groups is 1. The third-order valence-corrected chi connectivity index (χ3v) is 5.66. The van der Waals surface area contributed by atoms with Crippen LogP contribution in [0.3, 0.4) is 0 Å². The number of benzene rings is 2. The number of rotatable bonds is 3. The van der Waals surface area contributed by atoms with Gasteiger partial charge in [-0.25, -0.2) is 13.4 Å². The molecule has 0 unspecified atom stereocenters. The summed E-state index contributed by atoms with van der Waals surface area (Å²) in [4.78, 5) is 18.6. The van der Waals surface area contributed by atoms with E-state index in [0.717, 1.165) is 16.5 Å². The minimum atomic E-state index is -3.48. The number of carbonyl (C=O) groups is 1. The second-order valence-corrected chi connectivity index (χ2v) is 8.09. The maximum absolute atomic E-state index is 12.7. The number of fused-ring (bicyclic) bond motifs is 1. The van der Waals surface area contributed by atoms with Crippen molar-refractivity contribution in [1.82, 2.24) is 4.98 Å². The minimum absolute atomic E-state index is 0.0259. The van der Waals surface area contributed by atoms with Gasteiger partial charge in [0.25, 0.3) is 5.91 Å². The van der Waals surface area contributed by atoms with Crippen LogP contribution in [-0.4, -0.2) is 32.6 Å². The Kier molecular flexibility index (Phi) is 3.91. The van der Waals surface area contributed by atoms with Crippen LogP contribution in [-0.2, 0) is 9.84 Å². The molecule has 1 amide bonds. The number of hydrogen-bond donors (Lipinski definition) is 0. The Labute approximate surface area is 138 Å². The molecule has 0 aliphatic heterocycles. The van der Waals surface area contributed by atoms with Crippen LogP contribution in [0.15, 0.2) is 53.4 Å². The molecule has 0 aliphatic carbocycles. The molecule has 0 bridgehead atoms. The van der Waals surface area contributed by atoms with Crippen molar-refractivity contribution in [2.24, 2.45) is 0 Å². The van der Waals surface area contributed by atoms with E-state index in [-0.39, 0.29) is 10.5 Å². The molecule has 118 valence electrons. The first-order chi connectivity index (χ1) is 10.9. The monoisotopic (exact) mass is 346 g/mol. The van der Waals surface area contributed by atoms with E-state index >= 15 is 0 Å². The zero-order valence-corrected chi connectivity index (χ0v) is 14.2. The Morgan fingerprint density at radius 2 is 1.74 bits per heavy atom. The van der Waals surface area contributed by atoms with E-state index in [9.17, 15) is 13.2 Å². The minimum Gasteiger partial charge on any atom is -0.287 e. The number of thiazole rings is 1. The highest BCUT2D eigenvalue weighted by Crippen LogP contribution is 2.29. The number of para-hydroxylation sites is 1. The van der Waals surface area contributed by atoms with Crippen LogP contribution in [0.25, 0.3) is 10.2 Å². The Morgan fingerprint density at radius 1 is 1.09 bits per heavy atom. The third-order valence-electron chi connectivity index (χ3n) is 3.39. The van der Waals surface area contributed by atoms with Crippen LogP contribution in [0, 0.1) is 0 Å². The van der Waals surface area contributed by atoms with Crippen molar-refractivity contribution in [2.45, 2.75) is 4.90 Å². The highest BCUT2D eigenvalue weighted by molar-refractivity contribution is 7.90. The molecular weight excluding hydrogens is 332 g/mol. The molecule has 1 heterocycles. The van der Waals surface area contributed by atoms with Crippen molar-refractivity contribution in [1.29, 1.82) is 0 Å². The van der Waals surface area contributed by atoms with Crippen LogP contribution in [0.4, 0.5) is 5.13 Å². The lowest BCUT2D eigenvalue weighted by atomic mass is 10.2. The molecule has 5 nitrogen and oxygen atoms in total. The predicted molar refractivity (Wildman–Crippen MR) is 91.9 cm³/mol. The number of hydrogen-bond acceptors (Lipinski definition) is 5. The quantitative estimate of drug-likeness (QED) is 0.731. The van der Waals surface area contributed by atoms with Crippen LogP contribution >= 0.6 is 11.3 Å². The SMILES string of the molecule is CN(C(=O)c1ccccc1S(C)(=O)=O)c1nc2ccccc2s1. The first-order valence-electron chi connectivity index (χ1n) is 6.80. The summed E-state index contributed by atoms with van der Waals surface area (Å²) in [7, 11) is -1.89. The maximum atomic E-state index is 12.7. The van der Waals surface area contributed by atoms with Crippen molar-refractivity contribution in [3.05, 3.63) is 54.1 Å². The van der Waals surface area contributed by atoms with Gasteiger partial charge in [-0.05, 0) is 24.3 Å². The van der Waals surface area contributed by atoms with E-state index in [1.165, 1.54) is 28.4 Å². The van der Waals surface area contributed by atoms with Gasteiger partial charge in [-0.1, -0.05) is 35.6 Å². The lowest BCUT2D eigenvalue weighted by Crippen LogP contribution is -2.27. The Morgan fingerprint density at radius 3 is 2.43 bits per heavy atom. The third kappa shape index (κ3) is 2.97. The second-order valence-electron chi connectivity index (χ2n) is 5.10. The number of carbonyl (C=O) groups excluding carboxylic acids is 1. The molecule has 3 aromatic rings. The molecule has 0 saturated carbocycles. The molecule has 0 atom stereocenters. The first kappa shape index (κ1) is 15.6. The molecule has 7 heteroatoms. The van der Waals surface area contributed by atoms with Crippen molar-refractivity contribution < 1.29 is 13.2 Å². The van der Waals surface area contributed by atoms with E-state index in [1.54, 1.807) is 19.2 Å². The topological polar surface area (TPSA) is 67.3 Å². The van der Waals surface area contributed by atoms with Crippen molar-refractivity contribution in [2.75, 3.05) is 18.2 Å². The maximum Gasteiger partial charge on any atom is 0.261 e.